The van der Waals surface area contributed by atoms with Crippen molar-refractivity contribution >= 4 is 47.1 Å². The number of carbonyl (C=O) groups excluding carboxylic acids is 4. The monoisotopic (exact) mass is 944 g/mol. The molecule has 4 atom stereocenters. The number of benzene rings is 1. The van der Waals surface area contributed by atoms with Crippen molar-refractivity contribution in [1.29, 1.82) is 0 Å². The standard InChI is InChI=1S/C25H27N7O4.C22H29N7O4/c1-30-14-17(12-27-30)19-13-28-32-21(26)11-20(29-23(19)32)18-9-6-10-31(22(18)24(33)35-2)25(34)36-15-16-7-4-3-5-8-16;1-22(2,3)33-21(31)28-8-6-7-14(18(28)20(30)32-5)16-9-17(23)29-19(26-16)15(11-25-29)13-10-24-27(4)12-13/h3-5,7-8,11-14,18,22H,6,9-10,15,26H2,1-2H3;9-12,14,18H,6-8,23H2,1-5H3. The molecule has 9 rings (SSSR count). The highest BCUT2D eigenvalue weighted by Gasteiger charge is 2.45. The van der Waals surface area contributed by atoms with E-state index in [0.717, 1.165) is 27.8 Å². The van der Waals surface area contributed by atoms with Crippen LogP contribution in [0, 0.1) is 0 Å². The Labute approximate surface area is 397 Å². The number of amides is 2. The van der Waals surface area contributed by atoms with Crippen molar-refractivity contribution in [2.75, 3.05) is 38.8 Å². The first-order chi connectivity index (χ1) is 33.0. The Morgan fingerprint density at radius 1 is 0.667 bits per heavy atom. The molecule has 2 amide bonds. The Morgan fingerprint density at radius 2 is 1.13 bits per heavy atom. The molecule has 2 saturated heterocycles. The van der Waals surface area contributed by atoms with E-state index < -0.39 is 53.6 Å². The van der Waals surface area contributed by atoms with Gasteiger partial charge in [-0.15, -0.1) is 0 Å². The van der Waals surface area contributed by atoms with Gasteiger partial charge in [0.2, 0.25) is 0 Å². The second-order valence-corrected chi connectivity index (χ2v) is 17.9. The van der Waals surface area contributed by atoms with E-state index in [4.69, 9.17) is 40.4 Å². The lowest BCUT2D eigenvalue weighted by Gasteiger charge is -2.39. The van der Waals surface area contributed by atoms with Gasteiger partial charge in [0.15, 0.2) is 11.3 Å². The van der Waals surface area contributed by atoms with Crippen LogP contribution < -0.4 is 11.5 Å². The van der Waals surface area contributed by atoms with E-state index in [1.165, 1.54) is 24.0 Å². The lowest BCUT2D eigenvalue weighted by molar-refractivity contribution is -0.149. The number of nitrogens with two attached hydrogens (primary N) is 2. The number of likely N-dealkylation sites (tertiary alicyclic amines) is 2. The summed E-state index contributed by atoms with van der Waals surface area (Å²) >= 11 is 0. The summed E-state index contributed by atoms with van der Waals surface area (Å²) in [6.07, 6.45) is 12.0. The molecule has 1 aromatic carbocycles. The molecular formula is C47H56N14O8. The second kappa shape index (κ2) is 19.7. The summed E-state index contributed by atoms with van der Waals surface area (Å²) in [7, 11) is 6.28. The van der Waals surface area contributed by atoms with Crippen molar-refractivity contribution in [1.82, 2.24) is 58.6 Å². The van der Waals surface area contributed by atoms with E-state index in [9.17, 15) is 19.2 Å². The van der Waals surface area contributed by atoms with Crippen LogP contribution in [0.3, 0.4) is 0 Å². The van der Waals surface area contributed by atoms with Crippen molar-refractivity contribution in [3.63, 3.8) is 0 Å². The van der Waals surface area contributed by atoms with Crippen molar-refractivity contribution in [2.24, 2.45) is 14.1 Å². The molecule has 7 aromatic rings. The number of nitrogen functional groups attached to an aromatic ring is 2. The maximum absolute atomic E-state index is 13.1. The van der Waals surface area contributed by atoms with Gasteiger partial charge >= 0.3 is 24.1 Å². The number of esters is 2. The zero-order valence-electron chi connectivity index (χ0n) is 39.6. The number of fused-ring (bicyclic) bond motifs is 2. The van der Waals surface area contributed by atoms with E-state index in [-0.39, 0.29) is 6.61 Å². The van der Waals surface area contributed by atoms with Gasteiger partial charge in [0.05, 0.1) is 50.4 Å². The summed E-state index contributed by atoms with van der Waals surface area (Å²) in [6, 6.07) is 11.0. The molecule has 4 N–H and O–H groups in total. The Morgan fingerprint density at radius 3 is 1.55 bits per heavy atom. The van der Waals surface area contributed by atoms with E-state index in [2.05, 4.69) is 20.4 Å². The average molecular weight is 945 g/mol. The van der Waals surface area contributed by atoms with E-state index in [0.29, 0.717) is 73.1 Å². The van der Waals surface area contributed by atoms with Crippen molar-refractivity contribution in [3.8, 4) is 22.3 Å². The Hall–Kier alpha value is -8.04. The van der Waals surface area contributed by atoms with Gasteiger partial charge in [0, 0.05) is 85.8 Å². The smallest absolute Gasteiger partial charge is 0.411 e. The highest BCUT2D eigenvalue weighted by Crippen LogP contribution is 2.37. The number of methoxy groups -OCH3 is 2. The van der Waals surface area contributed by atoms with E-state index >= 15 is 0 Å². The summed E-state index contributed by atoms with van der Waals surface area (Å²) in [4.78, 5) is 64.4. The fourth-order valence-electron chi connectivity index (χ4n) is 8.89. The van der Waals surface area contributed by atoms with E-state index in [1.54, 1.807) is 76.1 Å². The summed E-state index contributed by atoms with van der Waals surface area (Å²) in [6.45, 7) is 6.22. The molecular weight excluding hydrogens is 889 g/mol. The molecule has 22 heteroatoms. The molecule has 8 heterocycles. The maximum Gasteiger partial charge on any atom is 0.411 e. The number of aromatic nitrogens is 10. The summed E-state index contributed by atoms with van der Waals surface area (Å²) in [5, 5.41) is 17.2. The Balaban J connectivity index is 0.000000187. The zero-order chi connectivity index (χ0) is 49.1. The first-order valence-corrected chi connectivity index (χ1v) is 22.4. The van der Waals surface area contributed by atoms with Gasteiger partial charge in [-0.05, 0) is 52.0 Å². The number of nitrogens with zero attached hydrogens (tertiary/aromatic N) is 12. The molecule has 0 bridgehead atoms. The molecule has 0 spiro atoms. The SMILES string of the molecule is COC(=O)C1C(c2cc(N)n3ncc(-c4cnn(C)c4)c3n2)CCCN1C(=O)OC(C)(C)C.COC(=O)C1C(c2cc(N)n3ncc(-c4cnn(C)c4)c3n2)CCCN1C(=O)OCc1ccccc1. The molecule has 2 fully saturated rings. The van der Waals surface area contributed by atoms with Crippen LogP contribution in [0.1, 0.15) is 75.2 Å². The first kappa shape index (κ1) is 47.5. The molecule has 69 heavy (non-hydrogen) atoms. The number of hydrogen-bond acceptors (Lipinski definition) is 16. The largest absolute Gasteiger partial charge is 0.467 e. The van der Waals surface area contributed by atoms with Crippen molar-refractivity contribution < 1.29 is 38.1 Å². The molecule has 0 radical (unpaired) electrons. The molecule has 6 aromatic heterocycles. The summed E-state index contributed by atoms with van der Waals surface area (Å²) < 4.78 is 27.8. The van der Waals surface area contributed by atoms with Crippen molar-refractivity contribution in [2.45, 2.75) is 82.6 Å². The molecule has 2 aliphatic heterocycles. The summed E-state index contributed by atoms with van der Waals surface area (Å²) in [5.41, 5.74) is 18.3. The van der Waals surface area contributed by atoms with Gasteiger partial charge in [-0.1, -0.05) is 30.3 Å². The number of rotatable bonds is 8. The van der Waals surface area contributed by atoms with E-state index in [1.807, 2.05) is 56.8 Å². The topological polar surface area (TPSA) is 260 Å². The molecule has 0 aliphatic carbocycles. The number of piperidine rings is 2. The number of hydrogen-bond donors (Lipinski definition) is 2. The van der Waals surface area contributed by atoms with Gasteiger partial charge in [0.1, 0.15) is 35.9 Å². The molecule has 0 saturated carbocycles. The van der Waals surface area contributed by atoms with Crippen LogP contribution in [0.25, 0.3) is 33.5 Å². The number of carbonyl (C=O) groups is 4. The Bertz CT molecular complexity index is 2990. The third-order valence-corrected chi connectivity index (χ3v) is 12.0. The summed E-state index contributed by atoms with van der Waals surface area (Å²) in [5.74, 6) is -1.15. The van der Waals surface area contributed by atoms with Crippen LogP contribution in [0.4, 0.5) is 21.2 Å². The second-order valence-electron chi connectivity index (χ2n) is 17.9. The first-order valence-electron chi connectivity index (χ1n) is 22.4. The predicted octanol–water partition coefficient (Wildman–Crippen LogP) is 5.14. The third kappa shape index (κ3) is 10.00. The van der Waals surface area contributed by atoms with Gasteiger partial charge in [-0.25, -0.2) is 29.1 Å². The van der Waals surface area contributed by atoms with Gasteiger partial charge in [0.25, 0.3) is 0 Å². The Kier molecular flexibility index (Phi) is 13.5. The maximum atomic E-state index is 13.1. The lowest BCUT2D eigenvalue weighted by atomic mass is 9.86. The quantitative estimate of drug-likeness (QED) is 0.148. The van der Waals surface area contributed by atoms with Crippen LogP contribution >= 0.6 is 0 Å². The van der Waals surface area contributed by atoms with Crippen LogP contribution in [-0.2, 0) is 49.2 Å². The van der Waals surface area contributed by atoms with Crippen LogP contribution in [-0.4, -0.2) is 128 Å². The normalized spacial score (nSPS) is 18.4. The van der Waals surface area contributed by atoms with Gasteiger partial charge in [-0.2, -0.15) is 29.4 Å². The minimum atomic E-state index is -0.897. The molecule has 4 unspecified atom stereocenters. The highest BCUT2D eigenvalue weighted by molar-refractivity contribution is 5.84. The van der Waals surface area contributed by atoms with Gasteiger partial charge < -0.3 is 30.4 Å². The average Bonchev–Trinajstić information content (AvgIpc) is 4.17. The fraction of sp³-hybridized carbons (Fsp3) is 0.404. The minimum absolute atomic E-state index is 0.107. The predicted molar refractivity (Wildman–Crippen MR) is 251 cm³/mol. The number of ether oxygens (including phenoxy) is 4. The molecule has 2 aliphatic rings. The fourth-order valence-corrected chi connectivity index (χ4v) is 8.89. The molecule has 362 valence electrons. The van der Waals surface area contributed by atoms with Crippen LogP contribution in [0.2, 0.25) is 0 Å². The van der Waals surface area contributed by atoms with Crippen molar-refractivity contribution in [3.05, 3.63) is 96.6 Å². The minimum Gasteiger partial charge on any atom is -0.467 e. The van der Waals surface area contributed by atoms with Crippen LogP contribution in [0.15, 0.2) is 79.6 Å². The number of anilines is 2. The van der Waals surface area contributed by atoms with Gasteiger partial charge in [-0.3, -0.25) is 19.2 Å². The lowest BCUT2D eigenvalue weighted by Crippen LogP contribution is -2.53. The van der Waals surface area contributed by atoms with Crippen LogP contribution in [0.5, 0.6) is 0 Å². The third-order valence-electron chi connectivity index (χ3n) is 12.0. The number of aryl methyl sites for hydroxylation is 2. The molecule has 22 nitrogen and oxygen atoms in total. The highest BCUT2D eigenvalue weighted by atomic mass is 16.6. The zero-order valence-corrected chi connectivity index (χ0v) is 39.6.